The highest BCUT2D eigenvalue weighted by molar-refractivity contribution is 6.16. The molecular weight excluding hydrogens is 230 g/mol. The van der Waals surface area contributed by atoms with E-state index in [1.54, 1.807) is 11.9 Å². The molecule has 0 aromatic carbocycles. The summed E-state index contributed by atoms with van der Waals surface area (Å²) in [6.45, 7) is 0.608. The number of rotatable bonds is 2. The molecule has 1 aliphatic rings. The predicted molar refractivity (Wildman–Crippen MR) is 59.4 cm³/mol. The van der Waals surface area contributed by atoms with Crippen molar-refractivity contribution in [2.24, 2.45) is 0 Å². The molecule has 1 aromatic heterocycles. The monoisotopic (exact) mass is 241 g/mol. The number of hydrogen-bond acceptors (Lipinski definition) is 3. The van der Waals surface area contributed by atoms with Crippen LogP contribution in [-0.4, -0.2) is 34.4 Å². The molecule has 2 rings (SSSR count). The minimum atomic E-state index is -0.220. The number of aromatic nitrogens is 2. The van der Waals surface area contributed by atoms with Crippen molar-refractivity contribution in [3.8, 4) is 0 Å². The molecule has 0 unspecified atom stereocenters. The van der Waals surface area contributed by atoms with E-state index >= 15 is 0 Å². The zero-order valence-corrected chi connectivity index (χ0v) is 9.62. The lowest BCUT2D eigenvalue weighted by Gasteiger charge is -2.09. The summed E-state index contributed by atoms with van der Waals surface area (Å²) in [6, 6.07) is 1.44. The first kappa shape index (κ1) is 11.1. The Morgan fingerprint density at radius 3 is 2.94 bits per heavy atom. The Morgan fingerprint density at radius 1 is 1.62 bits per heavy atom. The fraction of sp³-hybridized carbons (Fsp3) is 0.500. The van der Waals surface area contributed by atoms with Crippen LogP contribution in [0.1, 0.15) is 23.9 Å². The molecule has 0 aliphatic carbocycles. The quantitative estimate of drug-likeness (QED) is 0.765. The number of aromatic amines is 1. The van der Waals surface area contributed by atoms with Crippen molar-refractivity contribution in [3.63, 3.8) is 0 Å². The van der Waals surface area contributed by atoms with E-state index in [1.165, 1.54) is 6.07 Å². The molecule has 1 N–H and O–H groups in total. The molecular formula is C10H12ClN3O2. The van der Waals surface area contributed by atoms with Crippen molar-refractivity contribution in [2.45, 2.75) is 18.2 Å². The summed E-state index contributed by atoms with van der Waals surface area (Å²) >= 11 is 5.62. The van der Waals surface area contributed by atoms with Gasteiger partial charge in [-0.25, -0.2) is 4.98 Å². The van der Waals surface area contributed by atoms with E-state index in [-0.39, 0.29) is 23.3 Å². The number of carbonyl (C=O) groups is 1. The first-order valence-corrected chi connectivity index (χ1v) is 5.53. The summed E-state index contributed by atoms with van der Waals surface area (Å²) in [7, 11) is 1.75. The van der Waals surface area contributed by atoms with Crippen LogP contribution in [0.4, 0.5) is 0 Å². The summed E-state index contributed by atoms with van der Waals surface area (Å²) in [5.41, 5.74) is 0.430. The Balaban J connectivity index is 2.31. The van der Waals surface area contributed by atoms with Crippen molar-refractivity contribution in [1.82, 2.24) is 14.9 Å². The van der Waals surface area contributed by atoms with Crippen molar-refractivity contribution < 1.29 is 4.79 Å². The van der Waals surface area contributed by atoms with Gasteiger partial charge < -0.3 is 9.88 Å². The first-order chi connectivity index (χ1) is 7.60. The van der Waals surface area contributed by atoms with Crippen LogP contribution in [0, 0.1) is 0 Å². The number of alkyl halides is 1. The largest absolute Gasteiger partial charge is 0.345 e. The Labute approximate surface area is 97.4 Å². The second kappa shape index (κ2) is 4.25. The van der Waals surface area contributed by atoms with Gasteiger partial charge in [-0.3, -0.25) is 9.59 Å². The standard InChI is InChI=1S/C10H12ClN3O2/c1-14-5-6(2-10(14)16)7-3-9(15)13-8(4-11)12-7/h3,6H,2,4-5H2,1H3,(H,12,13,15)/t6-/m0/s1. The predicted octanol–water partition coefficient (Wildman–Crippen LogP) is 0.454. The smallest absolute Gasteiger partial charge is 0.251 e. The summed E-state index contributed by atoms with van der Waals surface area (Å²) < 4.78 is 0. The van der Waals surface area contributed by atoms with E-state index in [2.05, 4.69) is 9.97 Å². The maximum atomic E-state index is 11.4. The minimum absolute atomic E-state index is 0.00164. The number of hydrogen-bond donors (Lipinski definition) is 1. The summed E-state index contributed by atoms with van der Waals surface area (Å²) in [5, 5.41) is 0. The third-order valence-corrected chi connectivity index (χ3v) is 2.95. The Hall–Kier alpha value is -1.36. The molecule has 0 spiro atoms. The number of nitrogens with zero attached hydrogens (tertiary/aromatic N) is 2. The Kier molecular flexibility index (Phi) is 2.96. The zero-order valence-electron chi connectivity index (χ0n) is 8.86. The van der Waals surface area contributed by atoms with E-state index in [0.717, 1.165) is 0 Å². The summed E-state index contributed by atoms with van der Waals surface area (Å²) in [4.78, 5) is 31.1. The van der Waals surface area contributed by atoms with Gasteiger partial charge in [0.2, 0.25) is 5.91 Å². The molecule has 1 aromatic rings. The lowest BCUT2D eigenvalue weighted by molar-refractivity contribution is -0.126. The van der Waals surface area contributed by atoms with Gasteiger partial charge in [0, 0.05) is 32.0 Å². The summed E-state index contributed by atoms with van der Waals surface area (Å²) in [6.07, 6.45) is 0.411. The first-order valence-electron chi connectivity index (χ1n) is 5.00. The van der Waals surface area contributed by atoms with Gasteiger partial charge in [0.1, 0.15) is 5.82 Å². The van der Waals surface area contributed by atoms with E-state index in [1.807, 2.05) is 0 Å². The van der Waals surface area contributed by atoms with Gasteiger partial charge in [0.05, 0.1) is 11.6 Å². The van der Waals surface area contributed by atoms with Crippen LogP contribution in [0.25, 0.3) is 0 Å². The van der Waals surface area contributed by atoms with E-state index in [4.69, 9.17) is 11.6 Å². The molecule has 0 radical (unpaired) electrons. The fourth-order valence-electron chi connectivity index (χ4n) is 1.86. The van der Waals surface area contributed by atoms with Gasteiger partial charge in [-0.1, -0.05) is 0 Å². The lowest BCUT2D eigenvalue weighted by Crippen LogP contribution is -2.19. The van der Waals surface area contributed by atoms with Crippen molar-refractivity contribution in [2.75, 3.05) is 13.6 Å². The van der Waals surface area contributed by atoms with Crippen LogP contribution in [-0.2, 0) is 10.7 Å². The Bertz CT molecular complexity index is 471. The highest BCUT2D eigenvalue weighted by Crippen LogP contribution is 2.24. The third kappa shape index (κ3) is 2.09. The maximum absolute atomic E-state index is 11.4. The van der Waals surface area contributed by atoms with Crippen LogP contribution in [0.2, 0.25) is 0 Å². The van der Waals surface area contributed by atoms with Gasteiger partial charge in [-0.05, 0) is 0 Å². The zero-order chi connectivity index (χ0) is 11.7. The average Bonchev–Trinajstić information content (AvgIpc) is 2.58. The molecule has 1 amide bonds. The third-order valence-electron chi connectivity index (χ3n) is 2.70. The van der Waals surface area contributed by atoms with Crippen LogP contribution in [0.3, 0.4) is 0 Å². The number of amides is 1. The molecule has 2 heterocycles. The van der Waals surface area contributed by atoms with Crippen LogP contribution in [0.15, 0.2) is 10.9 Å². The molecule has 6 heteroatoms. The van der Waals surface area contributed by atoms with Crippen LogP contribution < -0.4 is 5.56 Å². The van der Waals surface area contributed by atoms with E-state index in [9.17, 15) is 9.59 Å². The molecule has 0 saturated carbocycles. The molecule has 86 valence electrons. The van der Waals surface area contributed by atoms with E-state index in [0.29, 0.717) is 24.5 Å². The Morgan fingerprint density at radius 2 is 2.38 bits per heavy atom. The number of carbonyl (C=O) groups excluding carboxylic acids is 1. The van der Waals surface area contributed by atoms with Crippen LogP contribution in [0.5, 0.6) is 0 Å². The van der Waals surface area contributed by atoms with Gasteiger partial charge in [-0.15, -0.1) is 11.6 Å². The SMILES string of the molecule is CN1C[C@@H](c2cc(=O)[nH]c(CCl)n2)CC1=O. The van der Waals surface area contributed by atoms with Crippen molar-refractivity contribution in [3.05, 3.63) is 27.9 Å². The molecule has 1 atom stereocenters. The van der Waals surface area contributed by atoms with E-state index < -0.39 is 0 Å². The van der Waals surface area contributed by atoms with Crippen molar-refractivity contribution in [1.29, 1.82) is 0 Å². The molecule has 5 nitrogen and oxygen atoms in total. The van der Waals surface area contributed by atoms with Crippen LogP contribution >= 0.6 is 11.6 Å². The molecule has 16 heavy (non-hydrogen) atoms. The second-order valence-electron chi connectivity index (χ2n) is 3.93. The number of halogens is 1. The van der Waals surface area contributed by atoms with Gasteiger partial charge in [0.15, 0.2) is 0 Å². The molecule has 1 saturated heterocycles. The molecule has 1 aliphatic heterocycles. The lowest BCUT2D eigenvalue weighted by atomic mass is 10.0. The normalized spacial score (nSPS) is 20.5. The second-order valence-corrected chi connectivity index (χ2v) is 4.19. The highest BCUT2D eigenvalue weighted by atomic mass is 35.5. The number of nitrogens with one attached hydrogen (secondary N) is 1. The highest BCUT2D eigenvalue weighted by Gasteiger charge is 2.29. The number of likely N-dealkylation sites (N-methyl/N-ethyl adjacent to an activating group) is 1. The number of likely N-dealkylation sites (tertiary alicyclic amines) is 1. The summed E-state index contributed by atoms with van der Waals surface area (Å²) in [5.74, 6) is 0.701. The minimum Gasteiger partial charge on any atom is -0.345 e. The molecule has 0 bridgehead atoms. The fourth-order valence-corrected chi connectivity index (χ4v) is 1.99. The molecule has 1 fully saturated rings. The topological polar surface area (TPSA) is 66.1 Å². The number of H-pyrrole nitrogens is 1. The maximum Gasteiger partial charge on any atom is 0.251 e. The van der Waals surface area contributed by atoms with Gasteiger partial charge >= 0.3 is 0 Å². The van der Waals surface area contributed by atoms with Gasteiger partial charge in [-0.2, -0.15) is 0 Å². The van der Waals surface area contributed by atoms with Crippen molar-refractivity contribution >= 4 is 17.5 Å². The van der Waals surface area contributed by atoms with Gasteiger partial charge in [0.25, 0.3) is 5.56 Å². The average molecular weight is 242 g/mol.